The standard InChI is InChI=1S/C6H9BrN4O2/c7-4-5-3-6(11(12)13)9-10(5)2-1-8/h3H,1-2,4,8H2. The van der Waals surface area contributed by atoms with Crippen molar-refractivity contribution in [3.63, 3.8) is 0 Å². The molecule has 1 aromatic rings. The van der Waals surface area contributed by atoms with Crippen LogP contribution in [0.15, 0.2) is 6.07 Å². The molecular weight excluding hydrogens is 240 g/mol. The molecule has 0 aliphatic rings. The van der Waals surface area contributed by atoms with Gasteiger partial charge < -0.3 is 15.8 Å². The molecule has 1 aromatic heterocycles. The average molecular weight is 249 g/mol. The third kappa shape index (κ3) is 2.25. The lowest BCUT2D eigenvalue weighted by Gasteiger charge is -1.95. The largest absolute Gasteiger partial charge is 0.390 e. The second-order valence-corrected chi connectivity index (χ2v) is 2.96. The minimum atomic E-state index is -0.515. The van der Waals surface area contributed by atoms with Gasteiger partial charge in [-0.1, -0.05) is 15.9 Å². The fourth-order valence-corrected chi connectivity index (χ4v) is 1.40. The van der Waals surface area contributed by atoms with Crippen molar-refractivity contribution in [2.75, 3.05) is 6.54 Å². The van der Waals surface area contributed by atoms with E-state index in [4.69, 9.17) is 5.73 Å². The number of rotatable bonds is 4. The van der Waals surface area contributed by atoms with Crippen LogP contribution in [-0.4, -0.2) is 21.2 Å². The van der Waals surface area contributed by atoms with Gasteiger partial charge in [0, 0.05) is 11.9 Å². The molecule has 0 radical (unpaired) electrons. The molecule has 0 aromatic carbocycles. The molecule has 0 aliphatic heterocycles. The Morgan fingerprint density at radius 2 is 2.46 bits per heavy atom. The summed E-state index contributed by atoms with van der Waals surface area (Å²) in [5.74, 6) is -0.136. The van der Waals surface area contributed by atoms with Gasteiger partial charge in [0.25, 0.3) is 0 Å². The zero-order valence-electron chi connectivity index (χ0n) is 6.81. The SMILES string of the molecule is NCCn1nc([N+](=O)[O-])cc1CBr. The van der Waals surface area contributed by atoms with E-state index in [1.165, 1.54) is 10.7 Å². The second-order valence-electron chi connectivity index (χ2n) is 2.40. The van der Waals surface area contributed by atoms with E-state index in [9.17, 15) is 10.1 Å². The summed E-state index contributed by atoms with van der Waals surface area (Å²) < 4.78 is 1.53. The van der Waals surface area contributed by atoms with Gasteiger partial charge in [-0.15, -0.1) is 0 Å². The highest BCUT2D eigenvalue weighted by atomic mass is 79.9. The number of aromatic nitrogens is 2. The molecule has 0 fully saturated rings. The number of hydrogen-bond acceptors (Lipinski definition) is 4. The number of nitrogens with zero attached hydrogens (tertiary/aromatic N) is 3. The molecule has 13 heavy (non-hydrogen) atoms. The first-order valence-electron chi connectivity index (χ1n) is 3.66. The first-order valence-corrected chi connectivity index (χ1v) is 4.78. The van der Waals surface area contributed by atoms with Crippen molar-refractivity contribution in [2.45, 2.75) is 11.9 Å². The van der Waals surface area contributed by atoms with Gasteiger partial charge in [0.1, 0.15) is 0 Å². The van der Waals surface area contributed by atoms with E-state index in [0.717, 1.165) is 5.69 Å². The molecule has 6 nitrogen and oxygen atoms in total. The molecular formula is C6H9BrN4O2. The molecule has 0 saturated heterocycles. The Labute approximate surface area is 83.0 Å². The van der Waals surface area contributed by atoms with Crippen molar-refractivity contribution in [1.29, 1.82) is 0 Å². The van der Waals surface area contributed by atoms with Crippen LogP contribution in [0.2, 0.25) is 0 Å². The number of nitro groups is 1. The zero-order valence-corrected chi connectivity index (χ0v) is 8.40. The third-order valence-electron chi connectivity index (χ3n) is 1.52. The number of alkyl halides is 1. The summed E-state index contributed by atoms with van der Waals surface area (Å²) in [5, 5.41) is 14.7. The molecule has 0 atom stereocenters. The van der Waals surface area contributed by atoms with Crippen molar-refractivity contribution in [3.05, 3.63) is 21.9 Å². The van der Waals surface area contributed by atoms with Gasteiger partial charge in [0.15, 0.2) is 0 Å². The first kappa shape index (κ1) is 10.1. The molecule has 0 bridgehead atoms. The Morgan fingerprint density at radius 3 is 2.92 bits per heavy atom. The van der Waals surface area contributed by atoms with Crippen molar-refractivity contribution in [3.8, 4) is 0 Å². The topological polar surface area (TPSA) is 87.0 Å². The van der Waals surface area contributed by atoms with Crippen LogP contribution in [0.5, 0.6) is 0 Å². The number of hydrogen-bond donors (Lipinski definition) is 1. The molecule has 0 spiro atoms. The lowest BCUT2D eigenvalue weighted by molar-refractivity contribution is -0.389. The minimum absolute atomic E-state index is 0.136. The summed E-state index contributed by atoms with van der Waals surface area (Å²) in [6.45, 7) is 0.910. The molecule has 0 saturated carbocycles. The van der Waals surface area contributed by atoms with Gasteiger partial charge in [-0.05, 0) is 4.92 Å². The summed E-state index contributed by atoms with van der Waals surface area (Å²) in [4.78, 5) is 9.86. The van der Waals surface area contributed by atoms with Gasteiger partial charge >= 0.3 is 5.82 Å². The van der Waals surface area contributed by atoms with Gasteiger partial charge in [-0.3, -0.25) is 0 Å². The van der Waals surface area contributed by atoms with Crippen LogP contribution in [0, 0.1) is 10.1 Å². The highest BCUT2D eigenvalue weighted by molar-refractivity contribution is 9.08. The Balaban J connectivity index is 2.96. The van der Waals surface area contributed by atoms with E-state index in [2.05, 4.69) is 21.0 Å². The predicted molar refractivity (Wildman–Crippen MR) is 50.6 cm³/mol. The van der Waals surface area contributed by atoms with Crippen LogP contribution in [0.3, 0.4) is 0 Å². The van der Waals surface area contributed by atoms with Crippen LogP contribution in [0.25, 0.3) is 0 Å². The Morgan fingerprint density at radius 1 is 1.77 bits per heavy atom. The minimum Gasteiger partial charge on any atom is -0.358 e. The van der Waals surface area contributed by atoms with Gasteiger partial charge in [-0.25, -0.2) is 0 Å². The van der Waals surface area contributed by atoms with Crippen molar-refractivity contribution in [2.24, 2.45) is 5.73 Å². The van der Waals surface area contributed by atoms with Crippen LogP contribution in [0.4, 0.5) is 5.82 Å². The normalized spacial score (nSPS) is 10.3. The van der Waals surface area contributed by atoms with Crippen LogP contribution in [0.1, 0.15) is 5.69 Å². The van der Waals surface area contributed by atoms with E-state index in [-0.39, 0.29) is 5.82 Å². The van der Waals surface area contributed by atoms with Crippen LogP contribution in [-0.2, 0) is 11.9 Å². The lowest BCUT2D eigenvalue weighted by atomic mass is 10.4. The number of nitrogens with two attached hydrogens (primary N) is 1. The Bertz CT molecular complexity index is 312. The van der Waals surface area contributed by atoms with Crippen molar-refractivity contribution >= 4 is 21.7 Å². The van der Waals surface area contributed by atoms with E-state index in [0.29, 0.717) is 18.4 Å². The molecule has 0 unspecified atom stereocenters. The fraction of sp³-hybridized carbons (Fsp3) is 0.500. The average Bonchev–Trinajstić information content (AvgIpc) is 2.48. The van der Waals surface area contributed by atoms with Crippen molar-refractivity contribution in [1.82, 2.24) is 9.78 Å². The Hall–Kier alpha value is -0.950. The number of halogens is 1. The molecule has 1 heterocycles. The van der Waals surface area contributed by atoms with Crippen LogP contribution < -0.4 is 5.73 Å². The third-order valence-corrected chi connectivity index (χ3v) is 2.09. The first-order chi connectivity index (χ1) is 6.19. The molecule has 0 amide bonds. The molecule has 72 valence electrons. The summed E-state index contributed by atoms with van der Waals surface area (Å²) in [6, 6.07) is 1.43. The van der Waals surface area contributed by atoms with E-state index >= 15 is 0 Å². The molecule has 2 N–H and O–H groups in total. The molecule has 1 rings (SSSR count). The monoisotopic (exact) mass is 248 g/mol. The maximum absolute atomic E-state index is 10.4. The summed E-state index contributed by atoms with van der Waals surface area (Å²) >= 11 is 3.22. The van der Waals surface area contributed by atoms with E-state index in [1.54, 1.807) is 0 Å². The quantitative estimate of drug-likeness (QED) is 0.482. The maximum Gasteiger partial charge on any atom is 0.390 e. The smallest absolute Gasteiger partial charge is 0.358 e. The summed E-state index contributed by atoms with van der Waals surface area (Å²) in [5.41, 5.74) is 6.08. The van der Waals surface area contributed by atoms with Crippen LogP contribution >= 0.6 is 15.9 Å². The summed E-state index contributed by atoms with van der Waals surface area (Å²) in [6.07, 6.45) is 0. The maximum atomic E-state index is 10.4. The zero-order chi connectivity index (χ0) is 9.84. The fourth-order valence-electron chi connectivity index (χ4n) is 0.953. The van der Waals surface area contributed by atoms with Gasteiger partial charge in [0.2, 0.25) is 0 Å². The molecule has 0 aliphatic carbocycles. The highest BCUT2D eigenvalue weighted by Crippen LogP contribution is 2.14. The van der Waals surface area contributed by atoms with Gasteiger partial charge in [-0.2, -0.15) is 4.68 Å². The van der Waals surface area contributed by atoms with E-state index in [1.807, 2.05) is 0 Å². The van der Waals surface area contributed by atoms with E-state index < -0.39 is 4.92 Å². The predicted octanol–water partition coefficient (Wildman–Crippen LogP) is 0.645. The molecule has 7 heteroatoms. The highest BCUT2D eigenvalue weighted by Gasteiger charge is 2.16. The van der Waals surface area contributed by atoms with Crippen molar-refractivity contribution < 1.29 is 4.92 Å². The second kappa shape index (κ2) is 4.33. The Kier molecular flexibility index (Phi) is 3.38. The summed E-state index contributed by atoms with van der Waals surface area (Å²) in [7, 11) is 0. The van der Waals surface area contributed by atoms with Gasteiger partial charge in [0.05, 0.1) is 23.4 Å². The lowest BCUT2D eigenvalue weighted by Crippen LogP contribution is -2.13.